The maximum atomic E-state index is 14.4. The van der Waals surface area contributed by atoms with Crippen LogP contribution in [-0.4, -0.2) is 128 Å². The van der Waals surface area contributed by atoms with Crippen LogP contribution in [0.15, 0.2) is 220 Å². The molecule has 3 aliphatic carbocycles. The Morgan fingerprint density at radius 3 is 1.09 bits per heavy atom. The van der Waals surface area contributed by atoms with Crippen LogP contribution >= 0.6 is 85.5 Å². The van der Waals surface area contributed by atoms with Crippen molar-refractivity contribution >= 4 is 166 Å². The number of carboxylic acid groups (broad SMARTS) is 1. The van der Waals surface area contributed by atoms with Gasteiger partial charge in [0.2, 0.25) is 0 Å². The Kier molecular flexibility index (Phi) is 42.5. The van der Waals surface area contributed by atoms with Gasteiger partial charge in [-0.25, -0.2) is 40.7 Å². The van der Waals surface area contributed by atoms with E-state index in [-0.39, 0.29) is 148 Å². The average Bonchev–Trinajstić information content (AvgIpc) is 1.62. The molecule has 2 saturated heterocycles. The van der Waals surface area contributed by atoms with Crippen molar-refractivity contribution in [3.05, 3.63) is 303 Å². The molecule has 752 valence electrons. The first-order valence-corrected chi connectivity index (χ1v) is 45.8. The molecule has 17 rings (SSSR count). The van der Waals surface area contributed by atoms with Gasteiger partial charge >= 0.3 is 43.9 Å². The summed E-state index contributed by atoms with van der Waals surface area (Å²) in [4.78, 5) is 76.4. The number of nitrogens with zero attached hydrogens (tertiary/aromatic N) is 3. The van der Waals surface area contributed by atoms with E-state index >= 15 is 0 Å². The van der Waals surface area contributed by atoms with Gasteiger partial charge < -0.3 is 70.1 Å². The van der Waals surface area contributed by atoms with E-state index in [1.807, 2.05) is 94.4 Å². The van der Waals surface area contributed by atoms with Gasteiger partial charge in [0.25, 0.3) is 17.7 Å². The number of nitrogens with two attached hydrogens (primary N) is 1. The Balaban J connectivity index is 0. The van der Waals surface area contributed by atoms with Crippen molar-refractivity contribution in [2.75, 3.05) is 27.4 Å². The second-order valence-electron chi connectivity index (χ2n) is 32.7. The fourth-order valence-electron chi connectivity index (χ4n) is 14.6. The van der Waals surface area contributed by atoms with Crippen LogP contribution in [0.4, 0.5) is 26.3 Å². The Morgan fingerprint density at radius 1 is 0.464 bits per heavy atom. The van der Waals surface area contributed by atoms with E-state index < -0.39 is 107 Å². The SMILES string of the molecule is C.C.C1CCOC1.COC(=O)[C@H](Cc1ccc(-c2cc(F)c(F)cc2OC2CC2)c2ccccc12)NC(=O)c1c(Cl)cccc1Cl.COC(=O)[C@H](Cc1ccc(B2OC(C)(C)C(C)(C)O2)c2ccccc12)NC(=O)c1c(Cl)cccc1Cl.Fc1cc(Br)c(OC2CC2)cc1F.N=N/N=N/N.O=C(N[C@@H](Cc1ccc(-c2cc(F)c(F)cc2OC2CC2)c2ccccc12)C(=O)O)c1c(Cl)cccc1Cl.[HH].[HH].[HH].[HH].[HH].[HH].[HH].[HH].[HH].[Li+].[OH-]. The quantitative estimate of drug-likeness (QED) is 0.00589. The smallest absolute Gasteiger partial charge is 0.870 e. The van der Waals surface area contributed by atoms with E-state index in [1.165, 1.54) is 51.3 Å². The number of hydrogen-bond donors (Lipinski definition) is 6. The first-order chi connectivity index (χ1) is 65.0. The van der Waals surface area contributed by atoms with Gasteiger partial charge in [-0.3, -0.25) is 14.4 Å². The van der Waals surface area contributed by atoms with Crippen LogP contribution in [-0.2, 0) is 57.2 Å². The predicted molar refractivity (Wildman–Crippen MR) is 548 cm³/mol. The van der Waals surface area contributed by atoms with E-state index in [9.17, 15) is 60.2 Å². The van der Waals surface area contributed by atoms with Gasteiger partial charge in [0, 0.05) is 74.6 Å². The van der Waals surface area contributed by atoms with Crippen LogP contribution < -0.4 is 60.3 Å². The van der Waals surface area contributed by atoms with Gasteiger partial charge in [-0.05, 0) is 226 Å². The minimum Gasteiger partial charge on any atom is -0.870 e. The molecule has 12 aromatic rings. The summed E-state index contributed by atoms with van der Waals surface area (Å²) in [7, 11) is 1.98. The van der Waals surface area contributed by atoms with E-state index in [1.54, 1.807) is 72.8 Å². The number of methoxy groups -OCH3 is 2. The van der Waals surface area contributed by atoms with Crippen molar-refractivity contribution in [2.24, 2.45) is 21.5 Å². The Labute approximate surface area is 869 Å². The molecule has 0 bridgehead atoms. The van der Waals surface area contributed by atoms with Gasteiger partial charge in [-0.1, -0.05) is 217 Å². The molecule has 3 atom stereocenters. The third-order valence-electron chi connectivity index (χ3n) is 22.6. The zero-order valence-electron chi connectivity index (χ0n) is 75.2. The molecule has 0 unspecified atom stereocenters. The molecular formula is C101H117BBrCl6F6LiN8O16. The summed E-state index contributed by atoms with van der Waals surface area (Å²) in [5, 5.41) is 31.2. The minimum atomic E-state index is -1.29. The number of carbonyl (C=O) groups excluding carboxylic acids is 5. The van der Waals surface area contributed by atoms with E-state index in [0.717, 1.165) is 126 Å². The number of halogens is 13. The van der Waals surface area contributed by atoms with Crippen molar-refractivity contribution in [1.82, 2.24) is 16.0 Å². The molecule has 140 heavy (non-hydrogen) atoms. The molecule has 5 aliphatic rings. The maximum absolute atomic E-state index is 14.4. The van der Waals surface area contributed by atoms with Gasteiger partial charge in [0.05, 0.1) is 95.0 Å². The molecule has 12 aromatic carbocycles. The number of aliphatic carboxylic acids is 1. The summed E-state index contributed by atoms with van der Waals surface area (Å²) in [6.07, 6.45) is 8.32. The first-order valence-electron chi connectivity index (χ1n) is 42.7. The number of esters is 2. The second kappa shape index (κ2) is 52.1. The summed E-state index contributed by atoms with van der Waals surface area (Å²) in [6.45, 7) is 10.0. The normalized spacial score (nSPS) is 14.6. The molecule has 39 heteroatoms. The van der Waals surface area contributed by atoms with Gasteiger partial charge in [0.1, 0.15) is 35.4 Å². The van der Waals surface area contributed by atoms with Crippen LogP contribution in [0.3, 0.4) is 0 Å². The summed E-state index contributed by atoms with van der Waals surface area (Å²) < 4.78 is 127. The van der Waals surface area contributed by atoms with Crippen molar-refractivity contribution in [3.8, 4) is 39.5 Å². The molecule has 5 fully saturated rings. The third-order valence-corrected chi connectivity index (χ3v) is 25.1. The topological polar surface area (TPSA) is 350 Å². The van der Waals surface area contributed by atoms with E-state index in [4.69, 9.17) is 113 Å². The van der Waals surface area contributed by atoms with Crippen LogP contribution in [0.2, 0.25) is 30.1 Å². The molecule has 3 amide bonds. The molecule has 3 saturated carbocycles. The standard InChI is InChI=1S/C30H23Cl2F2NO4.C29H21Cl2F2NO4.C27H28BCl2NO5.C9H7BrF2O.C4H8O.2CH4.Li.H3N5.H2O.9H2/c1-38-30(37)26(35-29(36)28-22(31)7-4-8-23(28)32)13-16-9-12-20(19-6-3-2-5-18(16)19)21-14-24(33)25(34)15-27(21)39-17-10-11-17;30-21-6-3-7-22(31)27(21)28(35)34-25(29(36)37)12-15-8-11-19(18-5-2-1-4-17(15)18)20-13-23(32)24(33)14-26(20)38-16-9-10-16;1-26(2)27(3,4)36-28(35-26)19-14-13-16(17-9-6-7-10-18(17)19)15-22(25(33)34-5)31-24(32)23-20(29)11-8-12-21(23)30;10-6-3-7(11)8(12)4-9(6)13-5-1-2-5;1-2-4-5-3-1;;;;1-3-5-4-2;;;;;;;;;;/h2-9,12,14-15,17,26H,10-11,13H2,1H3,(H,35,36);1-8,11,13-14,16,25H,9-10,12H2,(H,34,35)(H,36,37);6-14,22H,15H2,1-5H3,(H,31,32);3-5H,1-2H2;1-4H2;2*1H4;;(H3,1,2,5);1H2;9*1H/q;;;;;;;+1;;;;;;;;;;;/p-1/t26-;25-;22-;;;;;;;;;;;;;;;;/m000................/s1. The molecule has 2 aliphatic heterocycles. The Bertz CT molecular complexity index is 6480. The Morgan fingerprint density at radius 2 is 0.771 bits per heavy atom. The van der Waals surface area contributed by atoms with Gasteiger partial charge in [0.15, 0.2) is 34.9 Å². The zero-order valence-corrected chi connectivity index (χ0v) is 81.4. The van der Waals surface area contributed by atoms with Crippen LogP contribution in [0.25, 0.3) is 54.6 Å². The number of hydrogen-bond acceptors (Lipinski definition) is 17. The zero-order chi connectivity index (χ0) is 98.0. The number of carboxylic acids is 1. The predicted octanol–water partition coefficient (Wildman–Crippen LogP) is 23.8. The number of ether oxygens (including phenoxy) is 6. The van der Waals surface area contributed by atoms with Crippen LogP contribution in [0.5, 0.6) is 17.2 Å². The van der Waals surface area contributed by atoms with Gasteiger partial charge in [-0.2, -0.15) is 5.53 Å². The largest absolute Gasteiger partial charge is 1.00 e. The third kappa shape index (κ3) is 29.3. The molecule has 2 heterocycles. The number of nitrogens with one attached hydrogen (secondary N) is 4. The molecule has 8 N–H and O–H groups in total. The van der Waals surface area contributed by atoms with Crippen LogP contribution in [0.1, 0.15) is 155 Å². The monoisotopic (exact) mass is 2120 g/mol. The van der Waals surface area contributed by atoms with E-state index in [2.05, 4.69) is 53.4 Å². The molecule has 24 nitrogen and oxygen atoms in total. The summed E-state index contributed by atoms with van der Waals surface area (Å²) in [5.41, 5.74) is 10.3. The fourth-order valence-corrected chi connectivity index (χ4v) is 16.7. The summed E-state index contributed by atoms with van der Waals surface area (Å²) in [6, 6.07) is 50.5. The molecule has 0 aromatic heterocycles. The van der Waals surface area contributed by atoms with Crippen molar-refractivity contribution in [1.29, 1.82) is 5.53 Å². The second-order valence-corrected chi connectivity index (χ2v) is 36.0. The number of benzene rings is 12. The molecule has 0 radical (unpaired) electrons. The number of fused-ring (bicyclic) bond motifs is 3. The van der Waals surface area contributed by atoms with Gasteiger partial charge in [-0.15, -0.1) is 0 Å². The Hall–Kier alpha value is -11.1. The summed E-state index contributed by atoms with van der Waals surface area (Å²) in [5.74, 6) is -4.78. The number of rotatable bonds is 25. The van der Waals surface area contributed by atoms with Crippen molar-refractivity contribution in [2.45, 2.75) is 161 Å². The van der Waals surface area contributed by atoms with Crippen molar-refractivity contribution in [3.63, 3.8) is 0 Å². The van der Waals surface area contributed by atoms with Crippen LogP contribution in [0, 0.1) is 40.4 Å². The number of amides is 3. The molecule has 0 spiro atoms. The van der Waals surface area contributed by atoms with E-state index in [0.29, 0.717) is 48.8 Å². The maximum Gasteiger partial charge on any atom is 1.00 e. The molecular weight excluding hydrogens is 2010 g/mol. The van der Waals surface area contributed by atoms with Crippen molar-refractivity contribution < 1.29 is 135 Å². The minimum absolute atomic E-state index is 0. The average molecular weight is 2120 g/mol. The number of carbonyl (C=O) groups is 6. The fraction of sp³-hybridized carbons (Fsp3) is 0.287. The summed E-state index contributed by atoms with van der Waals surface area (Å²) >= 11 is 40.1. The first kappa shape index (κ1) is 114.